The van der Waals surface area contributed by atoms with E-state index in [1.54, 1.807) is 6.08 Å². The van der Waals surface area contributed by atoms with E-state index < -0.39 is 78.5 Å². The first kappa shape index (κ1) is 64.3. The van der Waals surface area contributed by atoms with E-state index in [4.69, 9.17) is 9.47 Å². The van der Waals surface area contributed by atoms with Crippen molar-refractivity contribution in [3.63, 3.8) is 0 Å². The van der Waals surface area contributed by atoms with Crippen molar-refractivity contribution in [3.05, 3.63) is 36.5 Å². The van der Waals surface area contributed by atoms with Gasteiger partial charge in [-0.1, -0.05) is 217 Å². The van der Waals surface area contributed by atoms with Gasteiger partial charge >= 0.3 is 10.4 Å². The van der Waals surface area contributed by atoms with Gasteiger partial charge in [-0.15, -0.1) is 0 Å². The number of aliphatic hydroxyl groups is 5. The first-order valence-corrected chi connectivity index (χ1v) is 28.8. The number of allylic oxidation sites excluding steroid dienone is 5. The number of amides is 1. The molecule has 8 atom stereocenters. The highest BCUT2D eigenvalue weighted by Crippen LogP contribution is 2.26. The minimum atomic E-state index is -5.13. The molecule has 0 aromatic heterocycles. The molecule has 0 aromatic rings. The Morgan fingerprint density at radius 3 is 1.41 bits per heavy atom. The molecule has 0 saturated carbocycles. The van der Waals surface area contributed by atoms with Crippen LogP contribution in [0.15, 0.2) is 36.5 Å². The summed E-state index contributed by atoms with van der Waals surface area (Å²) in [5, 5.41) is 55.4. The molecule has 0 spiro atoms. The van der Waals surface area contributed by atoms with Gasteiger partial charge in [0.05, 0.1) is 25.4 Å². The van der Waals surface area contributed by atoms with Crippen LogP contribution in [0.3, 0.4) is 0 Å². The summed E-state index contributed by atoms with van der Waals surface area (Å²) >= 11 is 0. The molecule has 1 amide bonds. The van der Waals surface area contributed by atoms with E-state index in [1.165, 1.54) is 147 Å². The second-order valence-corrected chi connectivity index (χ2v) is 20.3. The van der Waals surface area contributed by atoms with Crippen LogP contribution in [0, 0.1) is 0 Å². The summed E-state index contributed by atoms with van der Waals surface area (Å²) in [7, 11) is -5.13. The third-order valence-corrected chi connectivity index (χ3v) is 13.5. The Balaban J connectivity index is 2.51. The third-order valence-electron chi connectivity index (χ3n) is 13.0. The van der Waals surface area contributed by atoms with Crippen LogP contribution < -0.4 is 5.32 Å². The van der Waals surface area contributed by atoms with Crippen molar-refractivity contribution in [1.29, 1.82) is 0 Å². The Kier molecular flexibility index (Phi) is 41.6. The quantitative estimate of drug-likeness (QED) is 0.0172. The SMILES string of the molecule is CCCCCCCCCCC/C=C\CCCCCCCCC(O)C(=O)NC(COC1OC(CO)C(O)C(OS(=O)(=O)O)C1O)C(O)/C=C/CC/C=C/CCCCCCCCCCCCCCCC. The zero-order valence-corrected chi connectivity index (χ0v) is 43.6. The molecule has 1 aliphatic heterocycles. The van der Waals surface area contributed by atoms with Gasteiger partial charge in [-0.25, -0.2) is 4.18 Å². The Morgan fingerprint density at radius 1 is 0.588 bits per heavy atom. The number of ether oxygens (including phenoxy) is 2. The Hall–Kier alpha value is -1.72. The van der Waals surface area contributed by atoms with Gasteiger partial charge in [-0.05, 0) is 57.8 Å². The fraction of sp³-hybridized carbons (Fsp3) is 0.870. The van der Waals surface area contributed by atoms with Crippen LogP contribution >= 0.6 is 0 Å². The largest absolute Gasteiger partial charge is 0.397 e. The van der Waals surface area contributed by atoms with Crippen molar-refractivity contribution in [2.45, 2.75) is 288 Å². The van der Waals surface area contributed by atoms with Crippen molar-refractivity contribution in [2.75, 3.05) is 13.2 Å². The number of carbonyl (C=O) groups excluding carboxylic acids is 1. The van der Waals surface area contributed by atoms with E-state index in [0.717, 1.165) is 64.2 Å². The average molecular weight is 988 g/mol. The van der Waals surface area contributed by atoms with Crippen molar-refractivity contribution in [2.24, 2.45) is 0 Å². The Bertz CT molecular complexity index is 1360. The molecule has 7 N–H and O–H groups in total. The maximum atomic E-state index is 13.2. The van der Waals surface area contributed by atoms with Crippen molar-refractivity contribution >= 4 is 16.3 Å². The highest BCUT2D eigenvalue weighted by atomic mass is 32.3. The van der Waals surface area contributed by atoms with Gasteiger partial charge in [0.1, 0.15) is 30.5 Å². The predicted molar refractivity (Wildman–Crippen MR) is 274 cm³/mol. The summed E-state index contributed by atoms with van der Waals surface area (Å²) < 4.78 is 47.7. The van der Waals surface area contributed by atoms with Crippen molar-refractivity contribution < 1.29 is 57.0 Å². The van der Waals surface area contributed by atoms with Gasteiger partial charge in [-0.3, -0.25) is 9.35 Å². The summed E-state index contributed by atoms with van der Waals surface area (Å²) in [4.78, 5) is 13.2. The van der Waals surface area contributed by atoms with Crippen LogP contribution in [-0.2, 0) is 28.9 Å². The van der Waals surface area contributed by atoms with Crippen LogP contribution in [0.4, 0.5) is 0 Å². The number of carbonyl (C=O) groups is 1. The van der Waals surface area contributed by atoms with Gasteiger partial charge in [0.15, 0.2) is 6.29 Å². The van der Waals surface area contributed by atoms with Crippen LogP contribution in [-0.4, -0.2) is 107 Å². The maximum Gasteiger partial charge on any atom is 0.397 e. The van der Waals surface area contributed by atoms with E-state index in [0.29, 0.717) is 12.8 Å². The standard InChI is InChI=1S/C54H101NO12S/c1-3-5-7-9-11-13-15-17-19-21-23-25-26-28-30-32-34-36-38-40-42-47(57)46(45-65-54-51(60)52(67-68(62,63)64)50(59)49(44-56)66-54)55-53(61)48(58)43-41-39-37-35-33-31-29-27-24-22-20-18-16-14-12-10-8-6-4-2/h24,27,32,34,40,42,46-52,54,56-60H,3-23,25-26,28-31,33,35-39,41,43-45H2,1-2H3,(H,55,61)(H,62,63,64)/b27-24-,34-32+,42-40+. The molecule has 68 heavy (non-hydrogen) atoms. The van der Waals surface area contributed by atoms with Crippen LogP contribution in [0.2, 0.25) is 0 Å². The molecule has 1 heterocycles. The second kappa shape index (κ2) is 44.0. The number of hydrogen-bond donors (Lipinski definition) is 7. The van der Waals surface area contributed by atoms with Crippen LogP contribution in [0.25, 0.3) is 0 Å². The van der Waals surface area contributed by atoms with Gasteiger partial charge in [0.25, 0.3) is 0 Å². The van der Waals surface area contributed by atoms with Crippen LogP contribution in [0.5, 0.6) is 0 Å². The lowest BCUT2D eigenvalue weighted by Gasteiger charge is -2.41. The average Bonchev–Trinajstić information content (AvgIpc) is 3.31. The molecule has 1 rings (SSSR count). The normalized spacial score (nSPS) is 20.5. The van der Waals surface area contributed by atoms with Crippen LogP contribution in [0.1, 0.15) is 239 Å². The van der Waals surface area contributed by atoms with E-state index in [2.05, 4.69) is 47.7 Å². The molecule has 0 radical (unpaired) electrons. The number of rotatable bonds is 47. The minimum Gasteiger partial charge on any atom is -0.394 e. The fourth-order valence-electron chi connectivity index (χ4n) is 8.65. The monoisotopic (exact) mass is 988 g/mol. The van der Waals surface area contributed by atoms with Gasteiger partial charge < -0.3 is 40.3 Å². The van der Waals surface area contributed by atoms with Gasteiger partial charge in [0, 0.05) is 0 Å². The first-order valence-electron chi connectivity index (χ1n) is 27.5. The Morgan fingerprint density at radius 2 is 0.985 bits per heavy atom. The number of aliphatic hydroxyl groups excluding tert-OH is 5. The van der Waals surface area contributed by atoms with E-state index in [-0.39, 0.29) is 6.42 Å². The highest BCUT2D eigenvalue weighted by Gasteiger charge is 2.48. The van der Waals surface area contributed by atoms with E-state index in [1.807, 2.05) is 0 Å². The third kappa shape index (κ3) is 35.4. The number of nitrogens with one attached hydrogen (secondary N) is 1. The second-order valence-electron chi connectivity index (χ2n) is 19.3. The first-order chi connectivity index (χ1) is 32.9. The molecule has 0 bridgehead atoms. The summed E-state index contributed by atoms with van der Waals surface area (Å²) in [6, 6.07) is -1.14. The molecule has 0 aliphatic carbocycles. The van der Waals surface area contributed by atoms with Crippen molar-refractivity contribution in [3.8, 4) is 0 Å². The van der Waals surface area contributed by atoms with E-state index in [9.17, 15) is 43.3 Å². The molecule has 1 saturated heterocycles. The summed E-state index contributed by atoms with van der Waals surface area (Å²) in [5.74, 6) is -0.715. The summed E-state index contributed by atoms with van der Waals surface area (Å²) in [5.41, 5.74) is 0. The summed E-state index contributed by atoms with van der Waals surface area (Å²) in [6.45, 7) is 3.23. The molecule has 14 heteroatoms. The predicted octanol–water partition coefficient (Wildman–Crippen LogP) is 11.2. The zero-order chi connectivity index (χ0) is 49.9. The molecule has 13 nitrogen and oxygen atoms in total. The maximum absolute atomic E-state index is 13.2. The molecule has 1 fully saturated rings. The minimum absolute atomic E-state index is 0.230. The van der Waals surface area contributed by atoms with Crippen molar-refractivity contribution in [1.82, 2.24) is 5.32 Å². The van der Waals surface area contributed by atoms with E-state index >= 15 is 0 Å². The highest BCUT2D eigenvalue weighted by molar-refractivity contribution is 7.80. The molecule has 8 unspecified atom stereocenters. The zero-order valence-electron chi connectivity index (χ0n) is 42.8. The smallest absolute Gasteiger partial charge is 0.394 e. The fourth-order valence-corrected chi connectivity index (χ4v) is 9.16. The molecular weight excluding hydrogens is 887 g/mol. The number of hydrogen-bond acceptors (Lipinski definition) is 11. The van der Waals surface area contributed by atoms with Gasteiger partial charge in [0.2, 0.25) is 5.91 Å². The topological polar surface area (TPSA) is 212 Å². The molecule has 1 aliphatic rings. The molecule has 0 aromatic carbocycles. The lowest BCUT2D eigenvalue weighted by Crippen LogP contribution is -2.61. The summed E-state index contributed by atoms with van der Waals surface area (Å²) in [6.07, 6.45) is 42.2. The molecular formula is C54H101NO12S. The number of unbranched alkanes of at least 4 members (excludes halogenated alkanes) is 30. The molecule has 400 valence electrons. The lowest BCUT2D eigenvalue weighted by molar-refractivity contribution is -0.298. The Labute approximate surface area is 414 Å². The van der Waals surface area contributed by atoms with Gasteiger partial charge in [-0.2, -0.15) is 8.42 Å². The lowest BCUT2D eigenvalue weighted by atomic mass is 9.99.